The van der Waals surface area contributed by atoms with E-state index in [1.807, 2.05) is 24.3 Å². The fourth-order valence-electron chi connectivity index (χ4n) is 2.78. The minimum atomic E-state index is -0.409. The molecule has 0 saturated heterocycles. The number of rotatable bonds is 3. The maximum absolute atomic E-state index is 14.3. The number of aromatic amines is 1. The van der Waals surface area contributed by atoms with Gasteiger partial charge in [-0.2, -0.15) is 5.10 Å². The molecule has 0 spiro atoms. The van der Waals surface area contributed by atoms with E-state index in [0.717, 1.165) is 22.4 Å². The molecule has 4 aromatic rings. The highest BCUT2D eigenvalue weighted by atomic mass is 32.2. The number of benzene rings is 2. The highest BCUT2D eigenvalue weighted by Crippen LogP contribution is 2.29. The Morgan fingerprint density at radius 1 is 1.08 bits per heavy atom. The molecule has 0 atom stereocenters. The van der Waals surface area contributed by atoms with Gasteiger partial charge < -0.3 is 4.98 Å². The molecule has 0 aliphatic heterocycles. The van der Waals surface area contributed by atoms with Gasteiger partial charge in [0.2, 0.25) is 0 Å². The van der Waals surface area contributed by atoms with Gasteiger partial charge in [0.05, 0.1) is 10.9 Å². The van der Waals surface area contributed by atoms with E-state index in [9.17, 15) is 9.18 Å². The number of hydrogen-bond donors (Lipinski definition) is 2. The fraction of sp³-hybridized carbons (Fsp3) is 0. The number of halogens is 1. The number of nitrogens with one attached hydrogen (secondary N) is 1. The van der Waals surface area contributed by atoms with Crippen LogP contribution in [0.5, 0.6) is 0 Å². The first-order valence-corrected chi connectivity index (χ1v) is 8.39. The summed E-state index contributed by atoms with van der Waals surface area (Å²) < 4.78 is 15.7. The lowest BCUT2D eigenvalue weighted by atomic mass is 10.1. The van der Waals surface area contributed by atoms with Crippen molar-refractivity contribution in [3.05, 3.63) is 77.0 Å². The largest absolute Gasteiger partial charge is 0.328 e. The normalized spacial score (nSPS) is 11.1. The van der Waals surface area contributed by atoms with Crippen LogP contribution in [0.1, 0.15) is 0 Å². The van der Waals surface area contributed by atoms with Crippen LogP contribution in [0.25, 0.3) is 27.8 Å². The van der Waals surface area contributed by atoms with Crippen LogP contribution < -0.4 is 10.7 Å². The van der Waals surface area contributed by atoms with Crippen LogP contribution in [-0.4, -0.2) is 14.8 Å². The summed E-state index contributed by atoms with van der Waals surface area (Å²) in [5.74, 6) is -0.409. The molecule has 0 radical (unpaired) electrons. The van der Waals surface area contributed by atoms with Crippen LogP contribution in [-0.2, 0) is 0 Å². The van der Waals surface area contributed by atoms with Crippen molar-refractivity contribution in [1.82, 2.24) is 14.8 Å². The number of nitrogens with two attached hydrogens (primary N) is 1. The van der Waals surface area contributed by atoms with Crippen molar-refractivity contribution >= 4 is 22.9 Å². The molecule has 0 aliphatic rings. The van der Waals surface area contributed by atoms with Crippen LogP contribution in [0, 0.1) is 5.82 Å². The van der Waals surface area contributed by atoms with Gasteiger partial charge in [0.25, 0.3) is 5.56 Å². The molecular weight excluding hydrogens is 339 g/mol. The first-order valence-electron chi connectivity index (χ1n) is 7.51. The van der Waals surface area contributed by atoms with Crippen molar-refractivity contribution in [1.29, 1.82) is 0 Å². The van der Waals surface area contributed by atoms with Crippen LogP contribution in [0.4, 0.5) is 4.39 Å². The number of fused-ring (bicyclic) bond motifs is 1. The molecular formula is C18H13FN4OS. The van der Waals surface area contributed by atoms with Gasteiger partial charge in [0.15, 0.2) is 0 Å². The Morgan fingerprint density at radius 2 is 1.84 bits per heavy atom. The van der Waals surface area contributed by atoms with Gasteiger partial charge in [-0.3, -0.25) is 9.93 Å². The number of para-hydroxylation sites is 1. The topological polar surface area (TPSA) is 76.7 Å². The lowest BCUT2D eigenvalue weighted by Crippen LogP contribution is -2.05. The van der Waals surface area contributed by atoms with Gasteiger partial charge in [-0.1, -0.05) is 24.3 Å². The highest BCUT2D eigenvalue weighted by molar-refractivity contribution is 7.97. The molecule has 0 fully saturated rings. The molecule has 0 amide bonds. The maximum atomic E-state index is 14.3. The van der Waals surface area contributed by atoms with E-state index < -0.39 is 5.82 Å². The number of nitrogens with zero attached hydrogens (tertiary/aromatic N) is 2. The number of aromatic nitrogens is 3. The van der Waals surface area contributed by atoms with Gasteiger partial charge in [0.1, 0.15) is 17.2 Å². The fourth-order valence-corrected chi connectivity index (χ4v) is 3.07. The lowest BCUT2D eigenvalue weighted by Gasteiger charge is -2.04. The number of H-pyrrole nitrogens is 1. The molecule has 124 valence electrons. The smallest absolute Gasteiger partial charge is 0.259 e. The molecule has 0 bridgehead atoms. The van der Waals surface area contributed by atoms with Crippen LogP contribution >= 0.6 is 11.9 Å². The van der Waals surface area contributed by atoms with Gasteiger partial charge in [0, 0.05) is 16.7 Å². The molecule has 2 aromatic heterocycles. The molecule has 25 heavy (non-hydrogen) atoms. The van der Waals surface area contributed by atoms with Crippen LogP contribution in [0.2, 0.25) is 0 Å². The standard InChI is InChI=1S/C18H13FN4OS/c19-13-3-1-2-4-14(13)23-15-9-10-21-18(24)16(15)17(22-23)11-5-7-12(25-20)8-6-11/h1-10H,20H2,(H,21,24). The molecule has 5 nitrogen and oxygen atoms in total. The van der Waals surface area contributed by atoms with Crippen molar-refractivity contribution in [2.75, 3.05) is 0 Å². The summed E-state index contributed by atoms with van der Waals surface area (Å²) in [5.41, 5.74) is 1.82. The summed E-state index contributed by atoms with van der Waals surface area (Å²) in [7, 11) is 0. The predicted molar refractivity (Wildman–Crippen MR) is 97.1 cm³/mol. The Hall–Kier alpha value is -2.90. The summed E-state index contributed by atoms with van der Waals surface area (Å²) >= 11 is 1.14. The zero-order valence-electron chi connectivity index (χ0n) is 12.9. The zero-order chi connectivity index (χ0) is 17.4. The molecule has 7 heteroatoms. The van der Waals surface area contributed by atoms with E-state index in [0.29, 0.717) is 22.3 Å². The van der Waals surface area contributed by atoms with Crippen molar-refractivity contribution in [2.24, 2.45) is 5.14 Å². The summed E-state index contributed by atoms with van der Waals surface area (Å²) in [6, 6.07) is 15.4. The molecule has 0 saturated carbocycles. The van der Waals surface area contributed by atoms with Gasteiger partial charge in [-0.15, -0.1) is 0 Å². The second-order valence-electron chi connectivity index (χ2n) is 5.42. The Bertz CT molecular complexity index is 1120. The Kier molecular flexibility index (Phi) is 3.87. The van der Waals surface area contributed by atoms with Crippen LogP contribution in [0.3, 0.4) is 0 Å². The zero-order valence-corrected chi connectivity index (χ0v) is 13.8. The number of pyridine rings is 1. The molecule has 2 heterocycles. The van der Waals surface area contributed by atoms with E-state index in [-0.39, 0.29) is 5.56 Å². The second-order valence-corrected chi connectivity index (χ2v) is 6.13. The van der Waals surface area contributed by atoms with Gasteiger partial charge in [-0.05, 0) is 42.3 Å². The average Bonchev–Trinajstić information content (AvgIpc) is 3.03. The van der Waals surface area contributed by atoms with Crippen molar-refractivity contribution < 1.29 is 4.39 Å². The van der Waals surface area contributed by atoms with E-state index in [1.165, 1.54) is 16.9 Å². The van der Waals surface area contributed by atoms with Gasteiger partial charge in [-0.25, -0.2) is 9.07 Å². The molecule has 0 unspecified atom stereocenters. The third-order valence-electron chi connectivity index (χ3n) is 3.95. The van der Waals surface area contributed by atoms with Crippen molar-refractivity contribution in [2.45, 2.75) is 4.90 Å². The summed E-state index contributed by atoms with van der Waals surface area (Å²) in [4.78, 5) is 16.0. The third kappa shape index (κ3) is 2.63. The van der Waals surface area contributed by atoms with E-state index >= 15 is 0 Å². The summed E-state index contributed by atoms with van der Waals surface area (Å²) in [5, 5.41) is 10.5. The monoisotopic (exact) mass is 352 g/mol. The Labute approximate surface area is 146 Å². The first-order chi connectivity index (χ1) is 12.2. The SMILES string of the molecule is NSc1ccc(-c2nn(-c3ccccc3F)c3cc[nH]c(=O)c23)cc1. The molecule has 4 rings (SSSR count). The van der Waals surface area contributed by atoms with E-state index in [4.69, 9.17) is 5.14 Å². The Balaban J connectivity index is 2.02. The average molecular weight is 352 g/mol. The molecule has 0 aliphatic carbocycles. The maximum Gasteiger partial charge on any atom is 0.259 e. The Morgan fingerprint density at radius 3 is 2.56 bits per heavy atom. The predicted octanol–water partition coefficient (Wildman–Crippen LogP) is 3.49. The quantitative estimate of drug-likeness (QED) is 0.554. The summed E-state index contributed by atoms with van der Waals surface area (Å²) in [6.07, 6.45) is 1.53. The summed E-state index contributed by atoms with van der Waals surface area (Å²) in [6.45, 7) is 0. The first kappa shape index (κ1) is 15.6. The number of hydrogen-bond acceptors (Lipinski definition) is 4. The van der Waals surface area contributed by atoms with E-state index in [1.54, 1.807) is 24.3 Å². The van der Waals surface area contributed by atoms with Crippen molar-refractivity contribution in [3.8, 4) is 16.9 Å². The highest BCUT2D eigenvalue weighted by Gasteiger charge is 2.18. The second kappa shape index (κ2) is 6.19. The van der Waals surface area contributed by atoms with E-state index in [2.05, 4.69) is 10.1 Å². The minimum Gasteiger partial charge on any atom is -0.328 e. The lowest BCUT2D eigenvalue weighted by molar-refractivity contribution is 0.613. The minimum absolute atomic E-state index is 0.271. The van der Waals surface area contributed by atoms with Crippen molar-refractivity contribution in [3.63, 3.8) is 0 Å². The molecule has 2 aromatic carbocycles. The molecule has 3 N–H and O–H groups in total. The van der Waals surface area contributed by atoms with Gasteiger partial charge >= 0.3 is 0 Å². The van der Waals surface area contributed by atoms with Crippen LogP contribution in [0.15, 0.2) is 70.5 Å². The third-order valence-corrected chi connectivity index (χ3v) is 4.49.